The van der Waals surface area contributed by atoms with Crippen molar-refractivity contribution in [3.63, 3.8) is 0 Å². The van der Waals surface area contributed by atoms with Crippen LogP contribution in [0.2, 0.25) is 0 Å². The summed E-state index contributed by atoms with van der Waals surface area (Å²) < 4.78 is 63.8. The molecular formula is C32H30F4N4O4. The molecule has 1 saturated heterocycles. The van der Waals surface area contributed by atoms with Crippen LogP contribution in [0.3, 0.4) is 0 Å². The Morgan fingerprint density at radius 2 is 1.52 bits per heavy atom. The van der Waals surface area contributed by atoms with Gasteiger partial charge < -0.3 is 19.7 Å². The predicted octanol–water partition coefficient (Wildman–Crippen LogP) is 5.91. The lowest BCUT2D eigenvalue weighted by atomic mass is 9.92. The Labute approximate surface area is 251 Å². The van der Waals surface area contributed by atoms with Crippen LogP contribution in [0, 0.1) is 17.1 Å². The van der Waals surface area contributed by atoms with Crippen LogP contribution in [0.5, 0.6) is 11.5 Å². The van der Waals surface area contributed by atoms with Crippen LogP contribution >= 0.6 is 0 Å². The van der Waals surface area contributed by atoms with Gasteiger partial charge in [-0.2, -0.15) is 18.4 Å². The summed E-state index contributed by atoms with van der Waals surface area (Å²) in [6, 6.07) is 13.5. The maximum atomic E-state index is 13.8. The van der Waals surface area contributed by atoms with E-state index >= 15 is 0 Å². The summed E-state index contributed by atoms with van der Waals surface area (Å²) >= 11 is 0. The highest BCUT2D eigenvalue weighted by Gasteiger charge is 2.31. The van der Waals surface area contributed by atoms with Crippen molar-refractivity contribution in [2.45, 2.75) is 63.0 Å². The molecule has 0 bridgehead atoms. The molecule has 230 valence electrons. The second kappa shape index (κ2) is 13.3. The smallest absolute Gasteiger partial charge is 0.416 e. The Kier molecular flexibility index (Phi) is 9.32. The second-order valence-corrected chi connectivity index (χ2v) is 10.9. The standard InChI is InChI=1S/C32H30F4N4O4/c33-28-17-27(7-1-20(28)18-37)44-25-10-5-23(6-11-25)39-30(41)29-12-2-21(19-38-29)31(42)40-15-13-26(14-16-40)43-24-8-3-22(4-9-24)32(34,35)36/h1-4,7-9,12,17,19,23,25-26H,5-6,10-11,13-16H2,(H,39,41). The number of carbonyl (C=O) groups excluding carboxylic acids is 2. The van der Waals surface area contributed by atoms with Gasteiger partial charge >= 0.3 is 6.18 Å². The molecule has 2 aromatic carbocycles. The molecule has 2 heterocycles. The number of hydrogen-bond donors (Lipinski definition) is 1. The van der Waals surface area contributed by atoms with Gasteiger partial charge in [-0.05, 0) is 74.2 Å². The van der Waals surface area contributed by atoms with Crippen LogP contribution in [-0.2, 0) is 6.18 Å². The molecule has 1 saturated carbocycles. The summed E-state index contributed by atoms with van der Waals surface area (Å²) in [5, 5.41) is 11.8. The van der Waals surface area contributed by atoms with Gasteiger partial charge in [-0.25, -0.2) is 4.39 Å². The average molecular weight is 611 g/mol. The molecule has 8 nitrogen and oxygen atoms in total. The Bertz CT molecular complexity index is 1510. The fourth-order valence-electron chi connectivity index (χ4n) is 5.37. The molecule has 3 aromatic rings. The molecule has 12 heteroatoms. The van der Waals surface area contributed by atoms with Gasteiger partial charge in [0, 0.05) is 44.2 Å². The van der Waals surface area contributed by atoms with Crippen LogP contribution < -0.4 is 14.8 Å². The molecule has 1 aliphatic carbocycles. The van der Waals surface area contributed by atoms with Crippen molar-refractivity contribution in [2.75, 3.05) is 13.1 Å². The summed E-state index contributed by atoms with van der Waals surface area (Å²) in [4.78, 5) is 31.6. The Balaban J connectivity index is 1.05. The first-order valence-corrected chi connectivity index (χ1v) is 14.4. The summed E-state index contributed by atoms with van der Waals surface area (Å²) in [6.45, 7) is 0.831. The van der Waals surface area contributed by atoms with E-state index in [4.69, 9.17) is 14.7 Å². The van der Waals surface area contributed by atoms with E-state index in [0.717, 1.165) is 12.1 Å². The normalized spacial score (nSPS) is 19.1. The molecule has 2 amide bonds. The number of benzene rings is 2. The maximum absolute atomic E-state index is 13.8. The number of halogens is 4. The van der Waals surface area contributed by atoms with E-state index in [-0.39, 0.29) is 41.3 Å². The number of aromatic nitrogens is 1. The summed E-state index contributed by atoms with van der Waals surface area (Å²) in [5.74, 6) is -0.479. The van der Waals surface area contributed by atoms with Gasteiger partial charge in [0.25, 0.3) is 11.8 Å². The predicted molar refractivity (Wildman–Crippen MR) is 150 cm³/mol. The van der Waals surface area contributed by atoms with Crippen molar-refractivity contribution in [2.24, 2.45) is 0 Å². The molecule has 1 aliphatic heterocycles. The monoisotopic (exact) mass is 610 g/mol. The quantitative estimate of drug-likeness (QED) is 0.334. The third-order valence-electron chi connectivity index (χ3n) is 7.83. The molecule has 1 N–H and O–H groups in total. The molecular weight excluding hydrogens is 580 g/mol. The van der Waals surface area contributed by atoms with Crippen LogP contribution in [0.1, 0.15) is 70.5 Å². The summed E-state index contributed by atoms with van der Waals surface area (Å²) in [5.41, 5.74) is -0.240. The fourth-order valence-corrected chi connectivity index (χ4v) is 5.37. The number of hydrogen-bond acceptors (Lipinski definition) is 6. The lowest BCUT2D eigenvalue weighted by molar-refractivity contribution is -0.137. The van der Waals surface area contributed by atoms with Crippen LogP contribution in [0.15, 0.2) is 60.8 Å². The fraction of sp³-hybridized carbons (Fsp3) is 0.375. The Morgan fingerprint density at radius 1 is 0.886 bits per heavy atom. The zero-order valence-corrected chi connectivity index (χ0v) is 23.6. The van der Waals surface area contributed by atoms with E-state index in [2.05, 4.69) is 10.3 Å². The van der Waals surface area contributed by atoms with Crippen LogP contribution in [-0.4, -0.2) is 53.0 Å². The molecule has 0 unspecified atom stereocenters. The number of rotatable bonds is 7. The zero-order chi connectivity index (χ0) is 31.3. The summed E-state index contributed by atoms with van der Waals surface area (Å²) in [6.07, 6.45) is 0.352. The minimum absolute atomic E-state index is 0.0397. The molecule has 1 aromatic heterocycles. The van der Waals surface area contributed by atoms with Gasteiger partial charge in [-0.3, -0.25) is 14.6 Å². The molecule has 2 aliphatic rings. The highest BCUT2D eigenvalue weighted by Crippen LogP contribution is 2.31. The highest BCUT2D eigenvalue weighted by atomic mass is 19.4. The Morgan fingerprint density at radius 3 is 2.11 bits per heavy atom. The number of ether oxygens (including phenoxy) is 2. The van der Waals surface area contributed by atoms with E-state index in [1.165, 1.54) is 36.5 Å². The minimum atomic E-state index is -4.41. The van der Waals surface area contributed by atoms with Gasteiger partial charge in [0.1, 0.15) is 35.2 Å². The van der Waals surface area contributed by atoms with Crippen molar-refractivity contribution in [1.29, 1.82) is 5.26 Å². The molecule has 0 atom stereocenters. The number of nitriles is 1. The average Bonchev–Trinajstić information content (AvgIpc) is 3.02. The lowest BCUT2D eigenvalue weighted by Crippen LogP contribution is -2.42. The summed E-state index contributed by atoms with van der Waals surface area (Å²) in [7, 11) is 0. The number of alkyl halides is 3. The number of amides is 2. The van der Waals surface area contributed by atoms with E-state index in [9.17, 15) is 27.2 Å². The molecule has 44 heavy (non-hydrogen) atoms. The zero-order valence-electron chi connectivity index (χ0n) is 23.6. The first kappa shape index (κ1) is 30.8. The van der Waals surface area contributed by atoms with E-state index in [1.54, 1.807) is 23.1 Å². The molecule has 0 radical (unpaired) electrons. The highest BCUT2D eigenvalue weighted by molar-refractivity contribution is 5.96. The van der Waals surface area contributed by atoms with Gasteiger partial charge in [0.15, 0.2) is 0 Å². The van der Waals surface area contributed by atoms with Gasteiger partial charge in [0.05, 0.1) is 22.8 Å². The molecule has 2 fully saturated rings. The first-order chi connectivity index (χ1) is 21.1. The first-order valence-electron chi connectivity index (χ1n) is 14.4. The van der Waals surface area contributed by atoms with Crippen LogP contribution in [0.25, 0.3) is 0 Å². The van der Waals surface area contributed by atoms with Crippen molar-refractivity contribution >= 4 is 11.8 Å². The third kappa shape index (κ3) is 7.64. The number of pyridine rings is 1. The van der Waals surface area contributed by atoms with Crippen molar-refractivity contribution < 1.29 is 36.6 Å². The van der Waals surface area contributed by atoms with Crippen LogP contribution in [0.4, 0.5) is 17.6 Å². The number of carbonyl (C=O) groups is 2. The maximum Gasteiger partial charge on any atom is 0.416 e. The van der Waals surface area contributed by atoms with Crippen molar-refractivity contribution in [3.8, 4) is 17.6 Å². The van der Waals surface area contributed by atoms with Crippen molar-refractivity contribution in [3.05, 3.63) is 89.0 Å². The van der Waals surface area contributed by atoms with Gasteiger partial charge in [-0.1, -0.05) is 0 Å². The van der Waals surface area contributed by atoms with Gasteiger partial charge in [-0.15, -0.1) is 0 Å². The largest absolute Gasteiger partial charge is 0.490 e. The number of nitrogens with one attached hydrogen (secondary N) is 1. The molecule has 5 rings (SSSR count). The number of nitrogens with zero attached hydrogens (tertiary/aromatic N) is 3. The molecule has 0 spiro atoms. The van der Waals surface area contributed by atoms with E-state index in [0.29, 0.717) is 68.7 Å². The number of likely N-dealkylation sites (tertiary alicyclic amines) is 1. The second-order valence-electron chi connectivity index (χ2n) is 10.9. The number of piperidine rings is 1. The minimum Gasteiger partial charge on any atom is -0.490 e. The van der Waals surface area contributed by atoms with E-state index < -0.39 is 17.6 Å². The van der Waals surface area contributed by atoms with E-state index in [1.807, 2.05) is 0 Å². The lowest BCUT2D eigenvalue weighted by Gasteiger charge is -2.32. The SMILES string of the molecule is N#Cc1ccc(OC2CCC(NC(=O)c3ccc(C(=O)N4CCC(Oc5ccc(C(F)(F)F)cc5)CC4)cn3)CC2)cc1F. The van der Waals surface area contributed by atoms with Crippen molar-refractivity contribution in [1.82, 2.24) is 15.2 Å². The topological polar surface area (TPSA) is 105 Å². The van der Waals surface area contributed by atoms with Gasteiger partial charge in [0.2, 0.25) is 0 Å². The Hall–Kier alpha value is -4.66. The third-order valence-corrected chi connectivity index (χ3v) is 7.83.